The number of halogens is 1. The number of hydrogen-bond donors (Lipinski definition) is 1. The maximum absolute atomic E-state index is 11.2. The molecule has 1 aromatic heterocycles. The van der Waals surface area contributed by atoms with Gasteiger partial charge in [0.2, 0.25) is 0 Å². The molecule has 0 radical (unpaired) electrons. The van der Waals surface area contributed by atoms with Gasteiger partial charge in [0.1, 0.15) is 6.50 Å². The average Bonchev–Trinajstić information content (AvgIpc) is 2.96. The number of tetrazole rings is 1. The minimum Gasteiger partial charge on any atom is -0.439 e. The molecule has 1 aromatic carbocycles. The van der Waals surface area contributed by atoms with Crippen molar-refractivity contribution in [3.63, 3.8) is 0 Å². The maximum atomic E-state index is 11.2. The number of amides is 1. The molecule has 2 N–H and O–H groups in total. The monoisotopic (exact) mass is 272 g/mol. The summed E-state index contributed by atoms with van der Waals surface area (Å²) < 4.78 is 44.2. The van der Waals surface area contributed by atoms with Crippen molar-refractivity contribution in [3.8, 4) is 0 Å². The molecule has 1 heterocycles. The third-order valence-corrected chi connectivity index (χ3v) is 2.07. The molecule has 0 bridgehead atoms. The first-order valence-electron chi connectivity index (χ1n) is 7.08. The number of nitrogens with two attached hydrogens (primary N) is 1. The number of hydrogen-bond acceptors (Lipinski definition) is 5. The van der Waals surface area contributed by atoms with Gasteiger partial charge >= 0.3 is 6.09 Å². The van der Waals surface area contributed by atoms with Gasteiger partial charge in [0, 0.05) is 10.6 Å². The van der Waals surface area contributed by atoms with Crippen LogP contribution in [0.1, 0.15) is 18.5 Å². The lowest BCUT2D eigenvalue weighted by Crippen LogP contribution is -2.22. The van der Waals surface area contributed by atoms with E-state index in [1.54, 1.807) is 0 Å². The molecule has 7 nitrogen and oxygen atoms in total. The quantitative estimate of drug-likeness (QED) is 0.901. The second-order valence-corrected chi connectivity index (χ2v) is 3.33. The topological polar surface area (TPSA) is 95.9 Å². The van der Waals surface area contributed by atoms with Gasteiger partial charge in [-0.25, -0.2) is 4.79 Å². The van der Waals surface area contributed by atoms with Gasteiger partial charge in [0.15, 0.2) is 12.4 Å². The van der Waals surface area contributed by atoms with E-state index in [1.165, 1.54) is 0 Å². The average molecular weight is 273 g/mol. The molecular formula is C10H10ClN5O2. The molecule has 18 heavy (non-hydrogen) atoms. The number of aromatic nitrogens is 4. The fourth-order valence-corrected chi connectivity index (χ4v) is 1.28. The van der Waals surface area contributed by atoms with Crippen molar-refractivity contribution in [2.45, 2.75) is 12.6 Å². The van der Waals surface area contributed by atoms with Crippen LogP contribution in [0.3, 0.4) is 0 Å². The third kappa shape index (κ3) is 2.95. The zero-order valence-electron chi connectivity index (χ0n) is 13.8. The molecule has 1 atom stereocenters. The fourth-order valence-electron chi connectivity index (χ4n) is 1.09. The highest BCUT2D eigenvalue weighted by molar-refractivity contribution is 6.31. The van der Waals surface area contributed by atoms with Gasteiger partial charge in [-0.1, -0.05) is 29.8 Å². The van der Waals surface area contributed by atoms with Crippen molar-refractivity contribution >= 4 is 17.7 Å². The summed E-state index contributed by atoms with van der Waals surface area (Å²) in [5, 5.41) is 9.93. The predicted octanol–water partition coefficient (Wildman–Crippen LogP) is 1.16. The van der Waals surface area contributed by atoms with E-state index in [-0.39, 0.29) is 22.7 Å². The van der Waals surface area contributed by atoms with Gasteiger partial charge < -0.3 is 10.5 Å². The SMILES string of the molecule is [2H]c1cc(Cl)c(C([2H])(OC(N)=O)C([2H])([2H])n2ncnn2)cc1[2H]. The first kappa shape index (κ1) is 7.32. The standard InChI is InChI=1S/C10H10ClN5O2/c11-8-4-2-1-3-7(8)9(18-10(12)17)5-16-14-6-13-15-16/h1-4,6,9H,5H2,(H2,12,17)/i1D,2D,5D2,9D. The van der Waals surface area contributed by atoms with Crippen molar-refractivity contribution in [2.24, 2.45) is 5.73 Å². The van der Waals surface area contributed by atoms with E-state index >= 15 is 0 Å². The van der Waals surface area contributed by atoms with E-state index in [2.05, 4.69) is 20.1 Å². The molecule has 0 aliphatic heterocycles. The molecule has 1 unspecified atom stereocenters. The van der Waals surface area contributed by atoms with Crippen molar-refractivity contribution < 1.29 is 16.4 Å². The largest absolute Gasteiger partial charge is 0.439 e. The molecule has 0 aliphatic carbocycles. The number of carbonyl (C=O) groups excluding carboxylic acids is 1. The Morgan fingerprint density at radius 1 is 1.72 bits per heavy atom. The molecule has 2 aromatic rings. The summed E-state index contributed by atoms with van der Waals surface area (Å²) in [6.45, 7) is -2.86. The van der Waals surface area contributed by atoms with Gasteiger partial charge in [-0.2, -0.15) is 4.80 Å². The molecule has 2 rings (SSSR count). The Kier molecular flexibility index (Phi) is 2.22. The fraction of sp³-hybridized carbons (Fsp3) is 0.200. The van der Waals surface area contributed by atoms with Crippen molar-refractivity contribution in [1.29, 1.82) is 0 Å². The lowest BCUT2D eigenvalue weighted by Gasteiger charge is -2.17. The first-order chi connectivity index (χ1) is 10.6. The summed E-state index contributed by atoms with van der Waals surface area (Å²) in [7, 11) is 0. The highest BCUT2D eigenvalue weighted by atomic mass is 35.5. The van der Waals surface area contributed by atoms with Crippen LogP contribution in [-0.2, 0) is 11.2 Å². The maximum Gasteiger partial charge on any atom is 0.405 e. The summed E-state index contributed by atoms with van der Waals surface area (Å²) in [6, 6.07) is 1.36. The van der Waals surface area contributed by atoms with Crippen LogP contribution in [0.15, 0.2) is 30.5 Å². The van der Waals surface area contributed by atoms with Crippen LogP contribution in [0, 0.1) is 0 Å². The Labute approximate surface area is 115 Å². The zero-order valence-corrected chi connectivity index (χ0v) is 9.55. The molecule has 94 valence electrons. The lowest BCUT2D eigenvalue weighted by atomic mass is 10.1. The molecule has 0 fully saturated rings. The van der Waals surface area contributed by atoms with E-state index in [0.29, 0.717) is 4.80 Å². The number of primary amides is 1. The minimum absolute atomic E-state index is 0.250. The third-order valence-electron chi connectivity index (χ3n) is 1.75. The Bertz CT molecular complexity index is 743. The van der Waals surface area contributed by atoms with Crippen LogP contribution in [0.5, 0.6) is 0 Å². The number of benzene rings is 1. The summed E-state index contributed by atoms with van der Waals surface area (Å²) in [4.78, 5) is 11.6. The number of ether oxygens (including phenoxy) is 1. The van der Waals surface area contributed by atoms with E-state index in [1.807, 2.05) is 0 Å². The molecular weight excluding hydrogens is 258 g/mol. The van der Waals surface area contributed by atoms with Gasteiger partial charge in [0.05, 0.1) is 6.85 Å². The van der Waals surface area contributed by atoms with Crippen molar-refractivity contribution in [2.75, 3.05) is 0 Å². The summed E-state index contributed by atoms with van der Waals surface area (Å²) in [5.74, 6) is 0. The van der Waals surface area contributed by atoms with Crippen molar-refractivity contribution in [1.82, 2.24) is 20.2 Å². The van der Waals surface area contributed by atoms with E-state index < -0.39 is 18.7 Å². The van der Waals surface area contributed by atoms with Gasteiger partial charge in [-0.3, -0.25) is 0 Å². The van der Waals surface area contributed by atoms with Gasteiger partial charge in [-0.05, 0) is 11.3 Å². The van der Waals surface area contributed by atoms with Gasteiger partial charge in [-0.15, -0.1) is 10.2 Å². The Hall–Kier alpha value is -2.15. The van der Waals surface area contributed by atoms with Crippen LogP contribution < -0.4 is 5.73 Å². The normalized spacial score (nSPS) is 18.6. The van der Waals surface area contributed by atoms with Crippen LogP contribution in [0.2, 0.25) is 5.02 Å². The smallest absolute Gasteiger partial charge is 0.405 e. The summed E-state index contributed by atoms with van der Waals surface area (Å²) in [6.07, 6.45) is -3.34. The lowest BCUT2D eigenvalue weighted by molar-refractivity contribution is 0.0901. The van der Waals surface area contributed by atoms with Crippen LogP contribution >= 0.6 is 11.6 Å². The molecule has 1 amide bonds. The molecule has 0 saturated heterocycles. The minimum atomic E-state index is -2.86. The van der Waals surface area contributed by atoms with E-state index in [9.17, 15) is 4.79 Å². The molecule has 0 spiro atoms. The number of rotatable bonds is 4. The van der Waals surface area contributed by atoms with Gasteiger partial charge in [0.25, 0.3) is 0 Å². The Morgan fingerprint density at radius 2 is 2.50 bits per heavy atom. The second-order valence-electron chi connectivity index (χ2n) is 2.93. The van der Waals surface area contributed by atoms with Crippen LogP contribution in [-0.4, -0.2) is 26.3 Å². The second kappa shape index (κ2) is 5.46. The highest BCUT2D eigenvalue weighted by Gasteiger charge is 2.19. The van der Waals surface area contributed by atoms with Crippen molar-refractivity contribution in [3.05, 3.63) is 41.1 Å². The Morgan fingerprint density at radius 3 is 3.17 bits per heavy atom. The predicted molar refractivity (Wildman–Crippen MR) is 62.7 cm³/mol. The summed E-state index contributed by atoms with van der Waals surface area (Å²) >= 11 is 5.95. The number of nitrogens with zero attached hydrogens (tertiary/aromatic N) is 4. The Balaban J connectivity index is 2.70. The highest BCUT2D eigenvalue weighted by Crippen LogP contribution is 2.26. The molecule has 8 heteroatoms. The first-order valence-corrected chi connectivity index (χ1v) is 4.96. The molecule has 0 saturated carbocycles. The number of carbonyl (C=O) groups is 1. The molecule has 0 aliphatic rings. The zero-order chi connectivity index (χ0) is 17.4. The summed E-state index contributed by atoms with van der Waals surface area (Å²) in [5.41, 5.74) is 4.56. The van der Waals surface area contributed by atoms with Crippen LogP contribution in [0.25, 0.3) is 0 Å². The van der Waals surface area contributed by atoms with E-state index in [4.69, 9.17) is 24.2 Å². The van der Waals surface area contributed by atoms with E-state index in [0.717, 1.165) is 18.5 Å². The van der Waals surface area contributed by atoms with Crippen LogP contribution in [0.4, 0.5) is 4.79 Å².